The second kappa shape index (κ2) is 5.18. The summed E-state index contributed by atoms with van der Waals surface area (Å²) in [5.74, 6) is 0.269. The predicted octanol–water partition coefficient (Wildman–Crippen LogP) is 3.57. The molecule has 2 aromatic rings. The molecule has 0 aliphatic heterocycles. The summed E-state index contributed by atoms with van der Waals surface area (Å²) in [5, 5.41) is 4.26. The van der Waals surface area contributed by atoms with Crippen LogP contribution >= 0.6 is 34.8 Å². The Balaban J connectivity index is 2.62. The second-order valence-corrected chi connectivity index (χ2v) is 4.54. The van der Waals surface area contributed by atoms with E-state index in [0.29, 0.717) is 15.7 Å². The van der Waals surface area contributed by atoms with Gasteiger partial charge in [-0.2, -0.15) is 0 Å². The lowest BCUT2D eigenvalue weighted by atomic mass is 10.3. The predicted molar refractivity (Wildman–Crippen MR) is 70.3 cm³/mol. The SMILES string of the molecule is COc1cc(C(=O)Cl)n(-c2ccc(Cl)cc2Cl)n1. The van der Waals surface area contributed by atoms with Gasteiger partial charge in [-0.05, 0) is 29.8 Å². The fourth-order valence-electron chi connectivity index (χ4n) is 1.44. The number of benzene rings is 1. The van der Waals surface area contributed by atoms with Gasteiger partial charge in [-0.15, -0.1) is 5.10 Å². The molecule has 0 saturated heterocycles. The third-order valence-corrected chi connectivity index (χ3v) is 2.97. The summed E-state index contributed by atoms with van der Waals surface area (Å²) in [6.45, 7) is 0. The number of nitrogens with zero attached hydrogens (tertiary/aromatic N) is 2. The zero-order chi connectivity index (χ0) is 13.3. The van der Waals surface area contributed by atoms with Crippen LogP contribution in [0.15, 0.2) is 24.3 Å². The Bertz CT molecular complexity index is 610. The fraction of sp³-hybridized carbons (Fsp3) is 0.0909. The molecule has 7 heteroatoms. The van der Waals surface area contributed by atoms with Crippen molar-refractivity contribution >= 4 is 40.0 Å². The Morgan fingerprint density at radius 3 is 2.61 bits per heavy atom. The number of halogens is 3. The Kier molecular flexibility index (Phi) is 3.80. The van der Waals surface area contributed by atoms with Crippen molar-refractivity contribution in [2.75, 3.05) is 7.11 Å². The third-order valence-electron chi connectivity index (χ3n) is 2.24. The average molecular weight is 306 g/mol. The molecule has 0 unspecified atom stereocenters. The van der Waals surface area contributed by atoms with E-state index in [1.807, 2.05) is 0 Å². The standard InChI is InChI=1S/C11H7Cl3N2O2/c1-18-10-5-9(11(14)17)16(15-10)8-3-2-6(12)4-7(8)13/h2-5H,1H3. The van der Waals surface area contributed by atoms with Gasteiger partial charge < -0.3 is 4.74 Å². The summed E-state index contributed by atoms with van der Waals surface area (Å²) in [4.78, 5) is 11.3. The van der Waals surface area contributed by atoms with Crippen LogP contribution in [0.2, 0.25) is 10.0 Å². The monoisotopic (exact) mass is 304 g/mol. The minimum Gasteiger partial charge on any atom is -0.480 e. The molecule has 0 saturated carbocycles. The van der Waals surface area contributed by atoms with Crippen molar-refractivity contribution in [3.05, 3.63) is 40.0 Å². The van der Waals surface area contributed by atoms with Crippen molar-refractivity contribution in [2.45, 2.75) is 0 Å². The Morgan fingerprint density at radius 1 is 1.33 bits per heavy atom. The lowest BCUT2D eigenvalue weighted by molar-refractivity contribution is 0.107. The molecule has 1 aromatic heterocycles. The van der Waals surface area contributed by atoms with Crippen molar-refractivity contribution in [1.29, 1.82) is 0 Å². The van der Waals surface area contributed by atoms with Gasteiger partial charge in [-0.25, -0.2) is 4.68 Å². The fourth-order valence-corrected chi connectivity index (χ4v) is 2.06. The number of carbonyl (C=O) groups is 1. The number of aromatic nitrogens is 2. The topological polar surface area (TPSA) is 44.1 Å². The molecule has 0 bridgehead atoms. The number of ether oxygens (including phenoxy) is 1. The Labute approximate surface area is 118 Å². The highest BCUT2D eigenvalue weighted by Crippen LogP contribution is 2.27. The van der Waals surface area contributed by atoms with E-state index in [1.54, 1.807) is 18.2 Å². The van der Waals surface area contributed by atoms with Crippen LogP contribution < -0.4 is 4.74 Å². The van der Waals surface area contributed by atoms with Crippen LogP contribution in [-0.2, 0) is 0 Å². The smallest absolute Gasteiger partial charge is 0.271 e. The van der Waals surface area contributed by atoms with Crippen molar-refractivity contribution in [3.8, 4) is 11.6 Å². The normalized spacial score (nSPS) is 10.4. The number of hydrogen-bond donors (Lipinski definition) is 0. The molecule has 0 atom stereocenters. The molecule has 1 heterocycles. The second-order valence-electron chi connectivity index (χ2n) is 3.35. The van der Waals surface area contributed by atoms with E-state index in [0.717, 1.165) is 0 Å². The largest absolute Gasteiger partial charge is 0.480 e. The van der Waals surface area contributed by atoms with Crippen LogP contribution in [0, 0.1) is 0 Å². The molecule has 0 spiro atoms. The lowest BCUT2D eigenvalue weighted by Gasteiger charge is -2.06. The van der Waals surface area contributed by atoms with Gasteiger partial charge in [0.2, 0.25) is 5.88 Å². The molecule has 18 heavy (non-hydrogen) atoms. The molecular formula is C11H7Cl3N2O2. The van der Waals surface area contributed by atoms with E-state index < -0.39 is 5.24 Å². The average Bonchev–Trinajstić information content (AvgIpc) is 2.73. The molecule has 0 fully saturated rings. The first-order valence-electron chi connectivity index (χ1n) is 4.82. The summed E-state index contributed by atoms with van der Waals surface area (Å²) in [7, 11) is 1.44. The summed E-state index contributed by atoms with van der Waals surface area (Å²) >= 11 is 17.3. The number of carbonyl (C=O) groups excluding carboxylic acids is 1. The minimum atomic E-state index is -0.656. The van der Waals surface area contributed by atoms with Gasteiger partial charge in [-0.3, -0.25) is 4.79 Å². The first kappa shape index (κ1) is 13.2. The Hall–Kier alpha value is -1.23. The molecule has 0 N–H and O–H groups in total. The van der Waals surface area contributed by atoms with E-state index in [1.165, 1.54) is 17.9 Å². The Morgan fingerprint density at radius 2 is 2.06 bits per heavy atom. The molecule has 2 rings (SSSR count). The van der Waals surface area contributed by atoms with Crippen molar-refractivity contribution in [1.82, 2.24) is 9.78 Å². The number of rotatable bonds is 3. The van der Waals surface area contributed by atoms with E-state index in [-0.39, 0.29) is 11.6 Å². The first-order valence-corrected chi connectivity index (χ1v) is 5.95. The maximum Gasteiger partial charge on any atom is 0.271 e. The van der Waals surface area contributed by atoms with Crippen LogP contribution in [0.4, 0.5) is 0 Å². The molecule has 4 nitrogen and oxygen atoms in total. The summed E-state index contributed by atoms with van der Waals surface area (Å²) in [6.07, 6.45) is 0. The lowest BCUT2D eigenvalue weighted by Crippen LogP contribution is -2.05. The molecular weight excluding hydrogens is 298 g/mol. The van der Waals surface area contributed by atoms with Gasteiger partial charge in [0.05, 0.1) is 17.8 Å². The molecule has 1 aromatic carbocycles. The third kappa shape index (κ3) is 2.46. The maximum absolute atomic E-state index is 11.3. The summed E-state index contributed by atoms with van der Waals surface area (Å²) < 4.78 is 6.27. The van der Waals surface area contributed by atoms with Gasteiger partial charge >= 0.3 is 0 Å². The molecule has 0 radical (unpaired) electrons. The molecule has 0 aliphatic carbocycles. The van der Waals surface area contributed by atoms with Crippen molar-refractivity contribution < 1.29 is 9.53 Å². The molecule has 0 amide bonds. The van der Waals surface area contributed by atoms with Crippen molar-refractivity contribution in [3.63, 3.8) is 0 Å². The molecule has 94 valence electrons. The number of methoxy groups -OCH3 is 1. The zero-order valence-electron chi connectivity index (χ0n) is 9.15. The highest BCUT2D eigenvalue weighted by molar-refractivity contribution is 6.67. The van der Waals surface area contributed by atoms with Crippen molar-refractivity contribution in [2.24, 2.45) is 0 Å². The van der Waals surface area contributed by atoms with Crippen LogP contribution in [-0.4, -0.2) is 22.1 Å². The van der Waals surface area contributed by atoms with Crippen LogP contribution in [0.25, 0.3) is 5.69 Å². The number of hydrogen-bond acceptors (Lipinski definition) is 3. The van der Waals surface area contributed by atoms with Crippen LogP contribution in [0.3, 0.4) is 0 Å². The summed E-state index contributed by atoms with van der Waals surface area (Å²) in [5.41, 5.74) is 0.658. The van der Waals surface area contributed by atoms with E-state index in [4.69, 9.17) is 39.5 Å². The zero-order valence-corrected chi connectivity index (χ0v) is 11.4. The van der Waals surface area contributed by atoms with Gasteiger partial charge in [0, 0.05) is 11.1 Å². The van der Waals surface area contributed by atoms with Gasteiger partial charge in [0.25, 0.3) is 5.24 Å². The minimum absolute atomic E-state index is 0.165. The van der Waals surface area contributed by atoms with Gasteiger partial charge in [-0.1, -0.05) is 23.2 Å². The molecule has 0 aliphatic rings. The van der Waals surface area contributed by atoms with Crippen LogP contribution in [0.5, 0.6) is 5.88 Å². The quantitative estimate of drug-likeness (QED) is 0.814. The maximum atomic E-state index is 11.3. The van der Waals surface area contributed by atoms with E-state index in [9.17, 15) is 4.79 Å². The van der Waals surface area contributed by atoms with Crippen LogP contribution in [0.1, 0.15) is 10.5 Å². The van der Waals surface area contributed by atoms with E-state index >= 15 is 0 Å². The highest BCUT2D eigenvalue weighted by Gasteiger charge is 2.17. The first-order chi connectivity index (χ1) is 8.52. The highest BCUT2D eigenvalue weighted by atomic mass is 35.5. The van der Waals surface area contributed by atoms with Gasteiger partial charge in [0.1, 0.15) is 5.69 Å². The van der Waals surface area contributed by atoms with Gasteiger partial charge in [0.15, 0.2) is 0 Å². The van der Waals surface area contributed by atoms with E-state index in [2.05, 4.69) is 5.10 Å². The summed E-state index contributed by atoms with van der Waals surface area (Å²) in [6, 6.07) is 6.26.